The van der Waals surface area contributed by atoms with Crippen molar-refractivity contribution in [3.05, 3.63) is 0 Å². The minimum Gasteiger partial charge on any atom is -0.547 e. The van der Waals surface area contributed by atoms with Crippen LogP contribution in [-0.4, -0.2) is 77.7 Å². The normalized spacial score (nSPS) is 12.9. The van der Waals surface area contributed by atoms with Gasteiger partial charge in [0.1, 0.15) is 0 Å². The maximum atomic E-state index is 9.34. The van der Waals surface area contributed by atoms with E-state index < -0.39 is 36.2 Å². The van der Waals surface area contributed by atoms with Crippen molar-refractivity contribution in [2.45, 2.75) is 39.1 Å². The first-order valence-electron chi connectivity index (χ1n) is 4.60. The van der Waals surface area contributed by atoms with Gasteiger partial charge in [0.15, 0.2) is 0 Å². The largest absolute Gasteiger partial charge is 3.00 e. The van der Waals surface area contributed by atoms with Gasteiger partial charge in [-0.1, -0.05) is 0 Å². The zero-order valence-electron chi connectivity index (χ0n) is 10.5. The average Bonchev–Trinajstić information content (AvgIpc) is 2.18. The standard InChI is InChI=1S/3C3H6O3.Bi/c3*1-2(4)3(5)6;/h3*2,4H,1H3,(H,5,6);/q;;;+3/p-3. The molecule has 0 saturated carbocycles. The Kier molecular flexibility index (Phi) is 21.4. The topological polar surface area (TPSA) is 181 Å². The third-order valence-corrected chi connectivity index (χ3v) is 1.02. The van der Waals surface area contributed by atoms with Crippen molar-refractivity contribution in [1.29, 1.82) is 0 Å². The first-order valence-corrected chi connectivity index (χ1v) is 4.60. The summed E-state index contributed by atoms with van der Waals surface area (Å²) in [6, 6.07) is 0. The molecule has 0 fully saturated rings. The van der Waals surface area contributed by atoms with Crippen LogP contribution in [0.25, 0.3) is 0 Å². The molecule has 19 heavy (non-hydrogen) atoms. The molecule has 0 aromatic heterocycles. The summed E-state index contributed by atoms with van der Waals surface area (Å²) in [4.78, 5) is 28.0. The molecule has 10 heteroatoms. The fraction of sp³-hybridized carbons (Fsp3) is 0.667. The molecule has 0 aliphatic rings. The minimum atomic E-state index is -1.44. The Bertz CT molecular complexity index is 220. The molecule has 0 aromatic carbocycles. The Morgan fingerprint density at radius 2 is 0.737 bits per heavy atom. The molecule has 3 N–H and O–H groups in total. The summed E-state index contributed by atoms with van der Waals surface area (Å²) in [5, 5.41) is 51.9. The summed E-state index contributed by atoms with van der Waals surface area (Å²) in [5.74, 6) is -4.31. The molecule has 110 valence electrons. The number of carboxylic acids is 3. The molecule has 0 heterocycles. The van der Waals surface area contributed by atoms with Crippen LogP contribution >= 0.6 is 0 Å². The van der Waals surface area contributed by atoms with Gasteiger partial charge < -0.3 is 45.0 Å². The van der Waals surface area contributed by atoms with Gasteiger partial charge >= 0.3 is 26.2 Å². The summed E-state index contributed by atoms with van der Waals surface area (Å²) in [6.07, 6.45) is -4.03. The summed E-state index contributed by atoms with van der Waals surface area (Å²) >= 11 is 0. The molecule has 0 aliphatic carbocycles. The second-order valence-electron chi connectivity index (χ2n) is 2.99. The molecule has 0 spiro atoms. The van der Waals surface area contributed by atoms with Gasteiger partial charge in [-0.25, -0.2) is 0 Å². The predicted octanol–water partition coefficient (Wildman–Crippen LogP) is -6.03. The molecule has 0 aliphatic heterocycles. The zero-order valence-corrected chi connectivity index (χ0v) is 13.9. The number of carboxylic acid groups (broad SMARTS) is 3. The first-order chi connectivity index (χ1) is 7.93. The van der Waals surface area contributed by atoms with Crippen LogP contribution in [0.3, 0.4) is 0 Å². The molecule has 0 bridgehead atoms. The van der Waals surface area contributed by atoms with Gasteiger partial charge in [-0.15, -0.1) is 0 Å². The second kappa shape index (κ2) is 15.2. The van der Waals surface area contributed by atoms with Gasteiger partial charge in [-0.05, 0) is 20.8 Å². The number of aliphatic hydroxyl groups is 3. The van der Waals surface area contributed by atoms with Crippen LogP contribution < -0.4 is 15.3 Å². The number of carbonyl (C=O) groups is 3. The molecule has 2 radical (unpaired) electrons. The van der Waals surface area contributed by atoms with Crippen LogP contribution in [0.1, 0.15) is 20.8 Å². The van der Waals surface area contributed by atoms with Crippen molar-refractivity contribution in [2.24, 2.45) is 0 Å². The van der Waals surface area contributed by atoms with E-state index in [2.05, 4.69) is 0 Å². The molecule has 3 unspecified atom stereocenters. The molecular formula is C9H15BiO9. The van der Waals surface area contributed by atoms with E-state index in [0.29, 0.717) is 0 Å². The molecule has 3 atom stereocenters. The quantitative estimate of drug-likeness (QED) is 0.334. The van der Waals surface area contributed by atoms with E-state index in [-0.39, 0.29) is 26.2 Å². The van der Waals surface area contributed by atoms with Crippen molar-refractivity contribution in [1.82, 2.24) is 0 Å². The Balaban J connectivity index is -0.0000000865. The maximum absolute atomic E-state index is 9.34. The first kappa shape index (κ1) is 26.7. The van der Waals surface area contributed by atoms with E-state index in [9.17, 15) is 29.7 Å². The van der Waals surface area contributed by atoms with E-state index in [1.165, 1.54) is 0 Å². The van der Waals surface area contributed by atoms with Crippen LogP contribution in [0, 0.1) is 0 Å². The number of aliphatic carboxylic acids is 3. The number of hydrogen-bond donors (Lipinski definition) is 3. The molecule has 0 saturated heterocycles. The van der Waals surface area contributed by atoms with Crippen molar-refractivity contribution in [2.75, 3.05) is 0 Å². The van der Waals surface area contributed by atoms with Gasteiger partial charge in [0.25, 0.3) is 0 Å². The van der Waals surface area contributed by atoms with Crippen molar-refractivity contribution < 1.29 is 45.0 Å². The summed E-state index contributed by atoms with van der Waals surface area (Å²) in [6.45, 7) is 3.40. The van der Waals surface area contributed by atoms with Gasteiger partial charge in [0, 0.05) is 0 Å². The van der Waals surface area contributed by atoms with E-state index in [4.69, 9.17) is 15.3 Å². The Hall–Kier alpha value is -0.827. The van der Waals surface area contributed by atoms with E-state index in [0.717, 1.165) is 20.8 Å². The second-order valence-corrected chi connectivity index (χ2v) is 2.99. The van der Waals surface area contributed by atoms with Gasteiger partial charge in [-0.3, -0.25) is 0 Å². The van der Waals surface area contributed by atoms with Gasteiger partial charge in [0.05, 0.1) is 36.2 Å². The minimum absolute atomic E-state index is 0. The molecule has 9 nitrogen and oxygen atoms in total. The summed E-state index contributed by atoms with van der Waals surface area (Å²) in [5.41, 5.74) is 0. The monoisotopic (exact) mass is 476 g/mol. The van der Waals surface area contributed by atoms with Crippen LogP contribution in [0.2, 0.25) is 0 Å². The van der Waals surface area contributed by atoms with E-state index >= 15 is 0 Å². The SMILES string of the molecule is CC(O)C(=O)[O-].CC(O)C(=O)[O-].CC(O)C(=O)[O-].[Bi+3]. The summed E-state index contributed by atoms with van der Waals surface area (Å²) < 4.78 is 0. The van der Waals surface area contributed by atoms with E-state index in [1.54, 1.807) is 0 Å². The van der Waals surface area contributed by atoms with Crippen LogP contribution in [0.15, 0.2) is 0 Å². The number of rotatable bonds is 3. The van der Waals surface area contributed by atoms with Crippen LogP contribution in [0.5, 0.6) is 0 Å². The molecular weight excluding hydrogens is 461 g/mol. The third-order valence-electron chi connectivity index (χ3n) is 1.02. The molecule has 0 aromatic rings. The number of carbonyl (C=O) groups excluding carboxylic acids is 3. The fourth-order valence-corrected chi connectivity index (χ4v) is 0. The smallest absolute Gasteiger partial charge is 0.547 e. The van der Waals surface area contributed by atoms with Crippen molar-refractivity contribution >= 4 is 44.1 Å². The van der Waals surface area contributed by atoms with Crippen molar-refractivity contribution in [3.8, 4) is 0 Å². The Morgan fingerprint density at radius 3 is 0.737 bits per heavy atom. The number of hydrogen-bond acceptors (Lipinski definition) is 9. The molecule has 0 rings (SSSR count). The summed E-state index contributed by atoms with van der Waals surface area (Å²) in [7, 11) is 0. The Labute approximate surface area is 128 Å². The molecule has 0 amide bonds. The third kappa shape index (κ3) is 31.7. The van der Waals surface area contributed by atoms with E-state index in [1.807, 2.05) is 0 Å². The Morgan fingerprint density at radius 1 is 0.684 bits per heavy atom. The van der Waals surface area contributed by atoms with Crippen LogP contribution in [0.4, 0.5) is 0 Å². The number of aliphatic hydroxyl groups excluding tert-OH is 3. The van der Waals surface area contributed by atoms with Crippen molar-refractivity contribution in [3.63, 3.8) is 0 Å². The van der Waals surface area contributed by atoms with Crippen LogP contribution in [-0.2, 0) is 14.4 Å². The average molecular weight is 476 g/mol. The zero-order chi connectivity index (χ0) is 15.5. The van der Waals surface area contributed by atoms with Gasteiger partial charge in [0.2, 0.25) is 0 Å². The predicted molar refractivity (Wildman–Crippen MR) is 55.8 cm³/mol. The fourth-order valence-electron chi connectivity index (χ4n) is 0. The maximum Gasteiger partial charge on any atom is 3.00 e. The van der Waals surface area contributed by atoms with Gasteiger partial charge in [-0.2, -0.15) is 0 Å².